The molecule has 2 aromatic rings. The van der Waals surface area contributed by atoms with Crippen LogP contribution in [0.15, 0.2) is 30.3 Å². The molecule has 1 saturated heterocycles. The Morgan fingerprint density at radius 3 is 2.67 bits per heavy atom. The molecule has 8 heteroatoms. The third-order valence-corrected chi connectivity index (χ3v) is 4.44. The zero-order chi connectivity index (χ0) is 19.1. The monoisotopic (exact) mass is 389 g/mol. The number of hydrogen-bond donors (Lipinski definition) is 2. The van der Waals surface area contributed by atoms with Gasteiger partial charge in [-0.25, -0.2) is 9.97 Å². The Kier molecular flexibility index (Phi) is 6.84. The number of nitrogens with zero attached hydrogens (tertiary/aromatic N) is 3. The van der Waals surface area contributed by atoms with Gasteiger partial charge in [0, 0.05) is 37.3 Å². The van der Waals surface area contributed by atoms with Gasteiger partial charge in [0.1, 0.15) is 17.5 Å². The van der Waals surface area contributed by atoms with E-state index in [9.17, 15) is 4.79 Å². The standard InChI is InChI=1S/C19H24ClN5O2/c1-14-23-17(13-18(24-14)25-8-10-27-11-9-25)21-6-7-22-19(26)12-15-2-4-16(20)5-3-15/h2-5,13H,6-12H2,1H3,(H,22,26)(H,21,23,24). The Labute approximate surface area is 164 Å². The van der Waals surface area contributed by atoms with Crippen molar-refractivity contribution in [1.82, 2.24) is 15.3 Å². The zero-order valence-corrected chi connectivity index (χ0v) is 16.1. The third kappa shape index (κ3) is 6.08. The highest BCUT2D eigenvalue weighted by atomic mass is 35.5. The summed E-state index contributed by atoms with van der Waals surface area (Å²) in [5, 5.41) is 6.82. The van der Waals surface area contributed by atoms with E-state index in [4.69, 9.17) is 16.3 Å². The number of nitrogens with one attached hydrogen (secondary N) is 2. The maximum Gasteiger partial charge on any atom is 0.224 e. The molecule has 1 aromatic carbocycles. The van der Waals surface area contributed by atoms with Crippen LogP contribution >= 0.6 is 11.6 Å². The quantitative estimate of drug-likeness (QED) is 0.705. The first-order chi connectivity index (χ1) is 13.1. The average molecular weight is 390 g/mol. The van der Waals surface area contributed by atoms with Crippen molar-refractivity contribution < 1.29 is 9.53 Å². The highest BCUT2D eigenvalue weighted by Crippen LogP contribution is 2.17. The van der Waals surface area contributed by atoms with Gasteiger partial charge in [-0.2, -0.15) is 0 Å². The van der Waals surface area contributed by atoms with Crippen LogP contribution in [0.5, 0.6) is 0 Å². The topological polar surface area (TPSA) is 79.4 Å². The summed E-state index contributed by atoms with van der Waals surface area (Å²) >= 11 is 5.85. The normalized spacial score (nSPS) is 14.1. The predicted octanol–water partition coefficient (Wildman–Crippen LogP) is 2.05. The number of amides is 1. The van der Waals surface area contributed by atoms with Crippen LogP contribution in [0.2, 0.25) is 5.02 Å². The summed E-state index contributed by atoms with van der Waals surface area (Å²) < 4.78 is 5.38. The van der Waals surface area contributed by atoms with Crippen molar-refractivity contribution in [1.29, 1.82) is 0 Å². The van der Waals surface area contributed by atoms with Gasteiger partial charge in [0.2, 0.25) is 5.91 Å². The fourth-order valence-corrected chi connectivity index (χ4v) is 2.97. The molecule has 27 heavy (non-hydrogen) atoms. The fourth-order valence-electron chi connectivity index (χ4n) is 2.84. The highest BCUT2D eigenvalue weighted by Gasteiger charge is 2.14. The van der Waals surface area contributed by atoms with Gasteiger partial charge in [0.25, 0.3) is 0 Å². The molecule has 1 aliphatic heterocycles. The molecule has 0 unspecified atom stereocenters. The van der Waals surface area contributed by atoms with E-state index in [2.05, 4.69) is 25.5 Å². The van der Waals surface area contributed by atoms with Crippen molar-refractivity contribution >= 4 is 29.1 Å². The molecule has 144 valence electrons. The van der Waals surface area contributed by atoms with E-state index in [1.165, 1.54) is 0 Å². The number of rotatable bonds is 7. The minimum Gasteiger partial charge on any atom is -0.378 e. The van der Waals surface area contributed by atoms with Gasteiger partial charge in [0.15, 0.2) is 0 Å². The lowest BCUT2D eigenvalue weighted by atomic mass is 10.1. The minimum atomic E-state index is -0.0213. The summed E-state index contributed by atoms with van der Waals surface area (Å²) in [7, 11) is 0. The van der Waals surface area contributed by atoms with E-state index >= 15 is 0 Å². The van der Waals surface area contributed by atoms with Crippen LogP contribution in [0.4, 0.5) is 11.6 Å². The second kappa shape index (κ2) is 9.53. The maximum absolute atomic E-state index is 12.0. The van der Waals surface area contributed by atoms with Gasteiger partial charge in [0.05, 0.1) is 19.6 Å². The molecule has 0 bridgehead atoms. The van der Waals surface area contributed by atoms with Crippen molar-refractivity contribution in [3.05, 3.63) is 46.7 Å². The van der Waals surface area contributed by atoms with E-state index in [0.29, 0.717) is 43.6 Å². The molecule has 2 heterocycles. The SMILES string of the molecule is Cc1nc(NCCNC(=O)Cc2ccc(Cl)cc2)cc(N2CCOCC2)n1. The molecule has 2 N–H and O–H groups in total. The van der Waals surface area contributed by atoms with E-state index in [1.807, 2.05) is 25.1 Å². The van der Waals surface area contributed by atoms with Gasteiger partial charge >= 0.3 is 0 Å². The van der Waals surface area contributed by atoms with Gasteiger partial charge < -0.3 is 20.3 Å². The van der Waals surface area contributed by atoms with E-state index < -0.39 is 0 Å². The number of carbonyl (C=O) groups is 1. The van der Waals surface area contributed by atoms with Gasteiger partial charge in [-0.15, -0.1) is 0 Å². The lowest BCUT2D eigenvalue weighted by molar-refractivity contribution is -0.120. The molecule has 1 aliphatic rings. The summed E-state index contributed by atoms with van der Waals surface area (Å²) in [5.41, 5.74) is 0.937. The number of aryl methyl sites for hydroxylation is 1. The van der Waals surface area contributed by atoms with Crippen molar-refractivity contribution in [3.8, 4) is 0 Å². The zero-order valence-electron chi connectivity index (χ0n) is 15.4. The van der Waals surface area contributed by atoms with Gasteiger partial charge in [-0.3, -0.25) is 4.79 Å². The first kappa shape index (κ1) is 19.4. The first-order valence-electron chi connectivity index (χ1n) is 9.03. The van der Waals surface area contributed by atoms with Crippen LogP contribution in [-0.2, 0) is 16.0 Å². The molecule has 0 atom stereocenters. The lowest BCUT2D eigenvalue weighted by Crippen LogP contribution is -2.37. The predicted molar refractivity (Wildman–Crippen MR) is 106 cm³/mol. The lowest BCUT2D eigenvalue weighted by Gasteiger charge is -2.28. The number of carbonyl (C=O) groups excluding carboxylic acids is 1. The Morgan fingerprint density at radius 2 is 1.93 bits per heavy atom. The van der Waals surface area contributed by atoms with Crippen molar-refractivity contribution in [2.24, 2.45) is 0 Å². The van der Waals surface area contributed by atoms with Gasteiger partial charge in [-0.1, -0.05) is 23.7 Å². The Bertz CT molecular complexity index is 763. The van der Waals surface area contributed by atoms with Crippen molar-refractivity contribution in [2.45, 2.75) is 13.3 Å². The van der Waals surface area contributed by atoms with Crippen LogP contribution in [0.3, 0.4) is 0 Å². The molecule has 1 aromatic heterocycles. The number of benzene rings is 1. The minimum absolute atomic E-state index is 0.0213. The number of ether oxygens (including phenoxy) is 1. The fraction of sp³-hybridized carbons (Fsp3) is 0.421. The average Bonchev–Trinajstić information content (AvgIpc) is 2.67. The van der Waals surface area contributed by atoms with E-state index in [1.54, 1.807) is 12.1 Å². The molecule has 1 fully saturated rings. The summed E-state index contributed by atoms with van der Waals surface area (Å²) in [6.07, 6.45) is 0.338. The summed E-state index contributed by atoms with van der Waals surface area (Å²) in [4.78, 5) is 23.1. The van der Waals surface area contributed by atoms with Gasteiger partial charge in [-0.05, 0) is 24.6 Å². The number of anilines is 2. The van der Waals surface area contributed by atoms with Crippen molar-refractivity contribution in [3.63, 3.8) is 0 Å². The van der Waals surface area contributed by atoms with Crippen LogP contribution in [0, 0.1) is 6.92 Å². The molecule has 1 amide bonds. The third-order valence-electron chi connectivity index (χ3n) is 4.19. The second-order valence-corrected chi connectivity index (χ2v) is 6.77. The van der Waals surface area contributed by atoms with Crippen LogP contribution in [0.25, 0.3) is 0 Å². The number of hydrogen-bond acceptors (Lipinski definition) is 6. The molecular weight excluding hydrogens is 366 g/mol. The first-order valence-corrected chi connectivity index (χ1v) is 9.41. The summed E-state index contributed by atoms with van der Waals surface area (Å²) in [5.74, 6) is 2.36. The van der Waals surface area contributed by atoms with Crippen LogP contribution in [-0.4, -0.2) is 55.3 Å². The van der Waals surface area contributed by atoms with Crippen molar-refractivity contribution in [2.75, 3.05) is 49.6 Å². The molecule has 0 saturated carbocycles. The summed E-state index contributed by atoms with van der Waals surface area (Å²) in [6.45, 7) is 6.07. The second-order valence-electron chi connectivity index (χ2n) is 6.34. The Morgan fingerprint density at radius 1 is 1.19 bits per heavy atom. The smallest absolute Gasteiger partial charge is 0.224 e. The van der Waals surface area contributed by atoms with E-state index in [-0.39, 0.29) is 5.91 Å². The molecule has 0 radical (unpaired) electrons. The summed E-state index contributed by atoms with van der Waals surface area (Å²) in [6, 6.07) is 9.23. The largest absolute Gasteiger partial charge is 0.378 e. The highest BCUT2D eigenvalue weighted by molar-refractivity contribution is 6.30. The Hall–Kier alpha value is -2.38. The molecule has 0 spiro atoms. The number of morpholine rings is 1. The molecule has 0 aliphatic carbocycles. The van der Waals surface area contributed by atoms with Crippen LogP contribution in [0.1, 0.15) is 11.4 Å². The molecular formula is C19H24ClN5O2. The Balaban J connectivity index is 1.45. The molecule has 7 nitrogen and oxygen atoms in total. The van der Waals surface area contributed by atoms with E-state index in [0.717, 1.165) is 30.3 Å². The number of halogens is 1. The molecule has 3 rings (SSSR count). The van der Waals surface area contributed by atoms with Crippen LogP contribution < -0.4 is 15.5 Å². The number of aromatic nitrogens is 2. The maximum atomic E-state index is 12.0.